The molecule has 0 fully saturated rings. The van der Waals surface area contributed by atoms with Gasteiger partial charge in [-0.2, -0.15) is 43.6 Å². The molecule has 1 aliphatic carbocycles. The third-order valence-electron chi connectivity index (χ3n) is 6.03. The van der Waals surface area contributed by atoms with Gasteiger partial charge in [0.2, 0.25) is 0 Å². The first kappa shape index (κ1) is 37.8. The van der Waals surface area contributed by atoms with Gasteiger partial charge in [0.05, 0.1) is 11.1 Å². The monoisotopic (exact) mass is 682 g/mol. The van der Waals surface area contributed by atoms with Crippen molar-refractivity contribution in [2.45, 2.75) is 60.1 Å². The zero-order valence-corrected chi connectivity index (χ0v) is 27.9. The van der Waals surface area contributed by atoms with E-state index in [1.807, 2.05) is 13.0 Å². The molecule has 1 atom stereocenters. The van der Waals surface area contributed by atoms with Crippen molar-refractivity contribution in [3.8, 4) is 11.1 Å². The maximum Gasteiger partial charge on any atom is 0.416 e. The van der Waals surface area contributed by atoms with Gasteiger partial charge in [-0.25, -0.2) is 5.57 Å². The van der Waals surface area contributed by atoms with Gasteiger partial charge in [0.25, 0.3) is 0 Å². The van der Waals surface area contributed by atoms with Crippen LogP contribution < -0.4 is 0 Å². The summed E-state index contributed by atoms with van der Waals surface area (Å²) < 4.78 is 78.0. The minimum atomic E-state index is -4.86. The van der Waals surface area contributed by atoms with E-state index in [-0.39, 0.29) is 41.9 Å². The van der Waals surface area contributed by atoms with Crippen molar-refractivity contribution in [2.75, 3.05) is 0 Å². The summed E-state index contributed by atoms with van der Waals surface area (Å²) in [7, 11) is 0. The second-order valence-corrected chi connectivity index (χ2v) is 18.8. The number of halogens is 8. The van der Waals surface area contributed by atoms with Crippen LogP contribution in [0.25, 0.3) is 21.9 Å². The normalized spacial score (nSPS) is 14.8. The minimum Gasteiger partial charge on any atom is -0.166 e. The fraction of sp³-hybridized carbons (Fsp3) is 0.345. The molecular weight excluding hydrogens is 653 g/mol. The average molecular weight is 685 g/mol. The maximum atomic E-state index is 13.0. The van der Waals surface area contributed by atoms with Gasteiger partial charge >= 0.3 is 54.2 Å². The molecule has 39 heavy (non-hydrogen) atoms. The first-order valence-corrected chi connectivity index (χ1v) is 17.9. The molecule has 3 aromatic rings. The zero-order valence-electron chi connectivity index (χ0n) is 22.8. The molecule has 0 aliphatic heterocycles. The first-order chi connectivity index (χ1) is 16.9. The second kappa shape index (κ2) is 15.1. The Hall–Kier alpha value is -1.21. The molecule has 0 spiro atoms. The number of aryl methyl sites for hydroxylation is 1. The van der Waals surface area contributed by atoms with E-state index in [1.165, 1.54) is 22.8 Å². The maximum absolute atomic E-state index is 13.0. The Labute approximate surface area is 254 Å². The molecule has 1 aliphatic rings. The van der Waals surface area contributed by atoms with Crippen LogP contribution >= 0.6 is 24.8 Å². The van der Waals surface area contributed by atoms with Crippen molar-refractivity contribution in [2.24, 2.45) is 5.92 Å². The van der Waals surface area contributed by atoms with Gasteiger partial charge in [0.15, 0.2) is 0 Å². The van der Waals surface area contributed by atoms with Crippen LogP contribution in [-0.2, 0) is 35.7 Å². The summed E-state index contributed by atoms with van der Waals surface area (Å²) >= 11 is 1.74. The van der Waals surface area contributed by atoms with Gasteiger partial charge < -0.3 is 0 Å². The molecule has 10 heteroatoms. The molecule has 0 radical (unpaired) electrons. The molecule has 1 unspecified atom stereocenters. The second-order valence-electron chi connectivity index (χ2n) is 9.43. The zero-order chi connectivity index (χ0) is 28.3. The largest absolute Gasteiger partial charge is 0.416 e. The number of rotatable bonds is 1. The van der Waals surface area contributed by atoms with Gasteiger partial charge in [-0.1, -0.05) is 45.2 Å². The van der Waals surface area contributed by atoms with E-state index in [0.717, 1.165) is 23.1 Å². The number of allylic oxidation sites excluding steroid dienone is 4. The van der Waals surface area contributed by atoms with E-state index in [4.69, 9.17) is 0 Å². The fourth-order valence-electron chi connectivity index (χ4n) is 3.91. The van der Waals surface area contributed by atoms with Crippen LogP contribution in [0.15, 0.2) is 65.3 Å². The number of hydrogen-bond donors (Lipinski definition) is 0. The Morgan fingerprint density at radius 2 is 1.33 bits per heavy atom. The summed E-state index contributed by atoms with van der Waals surface area (Å²) in [5.74, 6) is 0.560. The van der Waals surface area contributed by atoms with Gasteiger partial charge in [0.1, 0.15) is 0 Å². The van der Waals surface area contributed by atoms with Gasteiger partial charge in [-0.05, 0) is 23.8 Å². The van der Waals surface area contributed by atoms with Crippen LogP contribution in [0.1, 0.15) is 44.4 Å². The van der Waals surface area contributed by atoms with Crippen molar-refractivity contribution in [1.82, 2.24) is 0 Å². The summed E-state index contributed by atoms with van der Waals surface area (Å²) in [4.78, 5) is 0. The minimum absolute atomic E-state index is 0. The first-order valence-electron chi connectivity index (χ1n) is 11.7. The summed E-state index contributed by atoms with van der Waals surface area (Å²) in [5, 5.41) is 1.40. The van der Waals surface area contributed by atoms with E-state index in [1.54, 1.807) is 41.5 Å². The molecule has 212 valence electrons. The Kier molecular flexibility index (Phi) is 14.7. The molecule has 0 saturated heterocycles. The van der Waals surface area contributed by atoms with Crippen LogP contribution in [0.4, 0.5) is 26.3 Å². The van der Waals surface area contributed by atoms with Gasteiger partial charge in [-0.15, -0.1) is 66.3 Å². The average Bonchev–Trinajstić information content (AvgIpc) is 3.25. The SMILES string of the molecule is CC1=[C-]C(C)C(C)=C1C.C[Si](C)=[Zr+2].Cc1cc2c(-c3cc(C(F)(F)F)cc(C(F)(F)F)c3)cccc2[cH-]1.Cl.Cl. The van der Waals surface area contributed by atoms with Crippen LogP contribution in [0, 0.1) is 18.9 Å². The topological polar surface area (TPSA) is 0 Å². The predicted octanol–water partition coefficient (Wildman–Crippen LogP) is 10.9. The quantitative estimate of drug-likeness (QED) is 0.136. The van der Waals surface area contributed by atoms with E-state index >= 15 is 0 Å². The molecule has 3 aromatic carbocycles. The molecule has 0 N–H and O–H groups in total. The van der Waals surface area contributed by atoms with Crippen molar-refractivity contribution < 1.29 is 49.7 Å². The van der Waals surface area contributed by atoms with Crippen molar-refractivity contribution >= 4 is 41.0 Å². The number of hydrogen-bond acceptors (Lipinski definition) is 0. The van der Waals surface area contributed by atoms with Crippen molar-refractivity contribution in [3.63, 3.8) is 0 Å². The Morgan fingerprint density at radius 3 is 1.69 bits per heavy atom. The Morgan fingerprint density at radius 1 is 0.846 bits per heavy atom. The third-order valence-corrected chi connectivity index (χ3v) is 6.03. The number of fused-ring (bicyclic) bond motifs is 1. The molecule has 4 rings (SSSR count). The standard InChI is InChI=1S/C18H11F6.C9H13.C2H6Si.2ClH.Zr/c1-10-5-11-3-2-4-15(16(11)6-10)12-7-13(17(19,20)21)9-14(8-12)18(22,23)24;1-6-5-7(2)9(4)8(6)3;1-3-2;;;/h2-9H,1H3;6H,1-4H3;1-2H3;2*1H;/q2*-1;;;;+2. The molecular formula is C29H32Cl2F6SiZr. The van der Waals surface area contributed by atoms with E-state index < -0.39 is 23.5 Å². The summed E-state index contributed by atoms with van der Waals surface area (Å²) in [6, 6.07) is 10.1. The van der Waals surface area contributed by atoms with E-state index in [2.05, 4.69) is 46.9 Å². The van der Waals surface area contributed by atoms with Crippen molar-refractivity contribution in [1.29, 1.82) is 0 Å². The van der Waals surface area contributed by atoms with E-state index in [9.17, 15) is 26.3 Å². The fourth-order valence-corrected chi connectivity index (χ4v) is 3.91. The molecule has 0 bridgehead atoms. The molecule has 0 aromatic heterocycles. The summed E-state index contributed by atoms with van der Waals surface area (Å²) in [5.41, 5.74) is 2.96. The van der Waals surface area contributed by atoms with E-state index in [0.29, 0.717) is 16.9 Å². The number of benzene rings is 2. The summed E-state index contributed by atoms with van der Waals surface area (Å²) in [6.45, 7) is 15.1. The number of alkyl halides is 6. The van der Waals surface area contributed by atoms with Crippen molar-refractivity contribution in [3.05, 3.63) is 88.0 Å². The molecule has 0 nitrogen and oxygen atoms in total. The van der Waals surface area contributed by atoms with Crippen LogP contribution in [0.2, 0.25) is 13.1 Å². The van der Waals surface area contributed by atoms with Gasteiger partial charge in [0, 0.05) is 0 Å². The summed E-state index contributed by atoms with van der Waals surface area (Å²) in [6.07, 6.45) is -6.35. The molecule has 0 heterocycles. The predicted molar refractivity (Wildman–Crippen MR) is 152 cm³/mol. The Balaban J connectivity index is 0.000000805. The van der Waals surface area contributed by atoms with Crippen LogP contribution in [0.5, 0.6) is 0 Å². The molecule has 0 amide bonds. The van der Waals surface area contributed by atoms with Crippen LogP contribution in [-0.4, -0.2) is 5.43 Å². The smallest absolute Gasteiger partial charge is 0.166 e. The van der Waals surface area contributed by atoms with Gasteiger partial charge in [-0.3, -0.25) is 6.08 Å². The van der Waals surface area contributed by atoms with Crippen LogP contribution in [0.3, 0.4) is 0 Å². The molecule has 0 saturated carbocycles. The Bertz CT molecular complexity index is 1310. The third kappa shape index (κ3) is 10.6.